The summed E-state index contributed by atoms with van der Waals surface area (Å²) in [5, 5.41) is 20.3. The molecule has 0 aliphatic rings. The maximum atomic E-state index is 13.4. The summed E-state index contributed by atoms with van der Waals surface area (Å²) in [4.78, 5) is 32.6. The Hall–Kier alpha value is -4.25. The fraction of sp³-hybridized carbons (Fsp3) is 0.303. The second-order valence-corrected chi connectivity index (χ2v) is 11.3. The molecule has 3 N–H and O–H groups in total. The number of methoxy groups -OCH3 is 2. The van der Waals surface area contributed by atoms with Gasteiger partial charge in [-0.1, -0.05) is 36.4 Å². The van der Waals surface area contributed by atoms with Crippen molar-refractivity contribution in [2.45, 2.75) is 38.6 Å². The second-order valence-electron chi connectivity index (χ2n) is 10.3. The Balaban J connectivity index is 1.43. The number of carbonyl (C=O) groups is 2. The molecule has 0 fully saturated rings. The summed E-state index contributed by atoms with van der Waals surface area (Å²) in [7, 11) is 4.91. The van der Waals surface area contributed by atoms with Crippen LogP contribution in [0.5, 0.6) is 11.5 Å². The van der Waals surface area contributed by atoms with Gasteiger partial charge in [0, 0.05) is 48.4 Å². The summed E-state index contributed by atoms with van der Waals surface area (Å²) in [5.41, 5.74) is 3.57. The molecule has 1 heterocycles. The Kier molecular flexibility index (Phi) is 11.3. The van der Waals surface area contributed by atoms with Crippen LogP contribution in [0.2, 0.25) is 0 Å². The topological polar surface area (TPSA) is 113 Å². The van der Waals surface area contributed by atoms with Crippen LogP contribution in [-0.4, -0.2) is 66.8 Å². The van der Waals surface area contributed by atoms with Crippen LogP contribution < -0.4 is 20.1 Å². The van der Waals surface area contributed by atoms with Gasteiger partial charge in [-0.05, 0) is 54.8 Å². The summed E-state index contributed by atoms with van der Waals surface area (Å²) >= 11 is 1.51. The number of nitrogens with zero attached hydrogens (tertiary/aromatic N) is 2. The van der Waals surface area contributed by atoms with E-state index in [4.69, 9.17) is 9.47 Å². The van der Waals surface area contributed by atoms with Crippen LogP contribution >= 0.6 is 11.3 Å². The monoisotopic (exact) mass is 602 g/mol. The lowest BCUT2D eigenvalue weighted by Gasteiger charge is -2.25. The van der Waals surface area contributed by atoms with Crippen LogP contribution in [0, 0.1) is 6.92 Å². The SMILES string of the molecule is COc1cc(CNC[C@@H](O)[C@H](Cc2ccccc2)NC(=O)c2cccc(C(=O)N(C)Cc3nc(C)cs3)c2)cc(OC)c1. The number of aryl methyl sites for hydroxylation is 1. The van der Waals surface area contributed by atoms with Crippen molar-refractivity contribution in [2.24, 2.45) is 0 Å². The molecule has 0 radical (unpaired) electrons. The summed E-state index contributed by atoms with van der Waals surface area (Å²) in [5.74, 6) is 0.777. The number of hydrogen-bond acceptors (Lipinski definition) is 8. The third kappa shape index (κ3) is 9.12. The van der Waals surface area contributed by atoms with Crippen molar-refractivity contribution in [3.63, 3.8) is 0 Å². The van der Waals surface area contributed by atoms with Gasteiger partial charge in [0.1, 0.15) is 16.5 Å². The van der Waals surface area contributed by atoms with Crippen LogP contribution in [0.1, 0.15) is 42.5 Å². The van der Waals surface area contributed by atoms with E-state index in [1.54, 1.807) is 56.5 Å². The summed E-state index contributed by atoms with van der Waals surface area (Å²) in [6, 6.07) is 21.3. The Labute approximate surface area is 256 Å². The van der Waals surface area contributed by atoms with Crippen molar-refractivity contribution in [1.82, 2.24) is 20.5 Å². The number of aliphatic hydroxyl groups excluding tert-OH is 1. The molecular weight excluding hydrogens is 564 g/mol. The van der Waals surface area contributed by atoms with Gasteiger partial charge < -0.3 is 30.1 Å². The number of carbonyl (C=O) groups excluding carboxylic acids is 2. The Morgan fingerprint density at radius 1 is 0.953 bits per heavy atom. The molecule has 0 spiro atoms. The van der Waals surface area contributed by atoms with Gasteiger partial charge in [0.25, 0.3) is 11.8 Å². The minimum Gasteiger partial charge on any atom is -0.497 e. The third-order valence-corrected chi connectivity index (χ3v) is 7.88. The van der Waals surface area contributed by atoms with Crippen molar-refractivity contribution in [1.29, 1.82) is 0 Å². The average Bonchev–Trinajstić information content (AvgIpc) is 3.44. The van der Waals surface area contributed by atoms with Gasteiger partial charge in [-0.25, -0.2) is 4.98 Å². The Morgan fingerprint density at radius 2 is 1.65 bits per heavy atom. The summed E-state index contributed by atoms with van der Waals surface area (Å²) in [6.45, 7) is 3.00. The van der Waals surface area contributed by atoms with Crippen molar-refractivity contribution in [3.8, 4) is 11.5 Å². The van der Waals surface area contributed by atoms with E-state index in [1.807, 2.05) is 54.8 Å². The van der Waals surface area contributed by atoms with Gasteiger partial charge in [-0.3, -0.25) is 9.59 Å². The molecule has 0 bridgehead atoms. The van der Waals surface area contributed by atoms with E-state index in [9.17, 15) is 14.7 Å². The number of aliphatic hydroxyl groups is 1. The van der Waals surface area contributed by atoms with Crippen molar-refractivity contribution >= 4 is 23.2 Å². The number of nitrogens with one attached hydrogen (secondary N) is 2. The first-order valence-electron chi connectivity index (χ1n) is 14.0. The molecule has 2 atom stereocenters. The fourth-order valence-electron chi connectivity index (χ4n) is 4.64. The van der Waals surface area contributed by atoms with Crippen molar-refractivity contribution in [2.75, 3.05) is 27.8 Å². The first kappa shape index (κ1) is 31.7. The Morgan fingerprint density at radius 3 is 2.30 bits per heavy atom. The standard InChI is InChI=1S/C33H38N4O5S/c1-22-21-43-31(35-22)20-37(2)33(40)26-12-8-11-25(16-26)32(39)36-29(15-23-9-6-5-7-10-23)30(38)19-34-18-24-13-27(41-3)17-28(14-24)42-4/h5-14,16-17,21,29-30,34,38H,15,18-20H2,1-4H3,(H,36,39)/t29-,30+/m0/s1. The largest absolute Gasteiger partial charge is 0.497 e. The lowest BCUT2D eigenvalue weighted by Crippen LogP contribution is -2.48. The molecule has 0 saturated heterocycles. The highest BCUT2D eigenvalue weighted by Crippen LogP contribution is 2.22. The highest BCUT2D eigenvalue weighted by atomic mass is 32.1. The minimum atomic E-state index is -0.894. The zero-order valence-electron chi connectivity index (χ0n) is 24.9. The van der Waals surface area contributed by atoms with Crippen molar-refractivity contribution < 1.29 is 24.2 Å². The Bertz CT molecular complexity index is 1490. The lowest BCUT2D eigenvalue weighted by molar-refractivity contribution is 0.0784. The van der Waals surface area contributed by atoms with Gasteiger partial charge in [-0.2, -0.15) is 0 Å². The molecule has 9 nitrogen and oxygen atoms in total. The molecule has 43 heavy (non-hydrogen) atoms. The number of hydrogen-bond donors (Lipinski definition) is 3. The first-order chi connectivity index (χ1) is 20.7. The van der Waals surface area contributed by atoms with E-state index in [2.05, 4.69) is 15.6 Å². The summed E-state index contributed by atoms with van der Waals surface area (Å²) in [6.07, 6.45) is -0.467. The molecule has 0 saturated carbocycles. The predicted molar refractivity (Wildman–Crippen MR) is 168 cm³/mol. The van der Waals surface area contributed by atoms with Gasteiger partial charge in [0.05, 0.1) is 32.9 Å². The average molecular weight is 603 g/mol. The van der Waals surface area contributed by atoms with Crippen LogP contribution in [0.4, 0.5) is 0 Å². The van der Waals surface area contributed by atoms with Crippen LogP contribution in [-0.2, 0) is 19.5 Å². The van der Waals surface area contributed by atoms with Gasteiger partial charge >= 0.3 is 0 Å². The first-order valence-corrected chi connectivity index (χ1v) is 14.9. The molecule has 226 valence electrons. The molecule has 0 unspecified atom stereocenters. The number of amides is 2. The van der Waals surface area contributed by atoms with E-state index in [0.717, 1.165) is 21.8 Å². The predicted octanol–water partition coefficient (Wildman–Crippen LogP) is 4.23. The molecule has 4 rings (SSSR count). The van der Waals surface area contributed by atoms with E-state index >= 15 is 0 Å². The van der Waals surface area contributed by atoms with Gasteiger partial charge in [0.15, 0.2) is 0 Å². The number of ether oxygens (including phenoxy) is 2. The minimum absolute atomic E-state index is 0.207. The maximum absolute atomic E-state index is 13.4. The zero-order chi connectivity index (χ0) is 30.8. The molecule has 1 aromatic heterocycles. The van der Waals surface area contributed by atoms with Crippen molar-refractivity contribution in [3.05, 3.63) is 111 Å². The molecule has 0 aliphatic heterocycles. The van der Waals surface area contributed by atoms with E-state index in [1.165, 1.54) is 11.3 Å². The van der Waals surface area contributed by atoms with E-state index in [-0.39, 0.29) is 18.4 Å². The number of benzene rings is 3. The number of thiazole rings is 1. The van der Waals surface area contributed by atoms with Crippen LogP contribution in [0.3, 0.4) is 0 Å². The van der Waals surface area contributed by atoms with Crippen LogP contribution in [0.15, 0.2) is 78.2 Å². The molecule has 10 heteroatoms. The molecular formula is C33H38N4O5S. The summed E-state index contributed by atoms with van der Waals surface area (Å²) < 4.78 is 10.7. The number of aromatic nitrogens is 1. The molecule has 4 aromatic rings. The zero-order valence-corrected chi connectivity index (χ0v) is 25.7. The quantitative estimate of drug-likeness (QED) is 0.198. The van der Waals surface area contributed by atoms with E-state index in [0.29, 0.717) is 42.1 Å². The molecule has 0 aliphatic carbocycles. The van der Waals surface area contributed by atoms with Gasteiger partial charge in [0.2, 0.25) is 0 Å². The number of rotatable bonds is 14. The molecule has 2 amide bonds. The second kappa shape index (κ2) is 15.3. The molecule has 3 aromatic carbocycles. The van der Waals surface area contributed by atoms with Crippen LogP contribution in [0.25, 0.3) is 0 Å². The lowest BCUT2D eigenvalue weighted by atomic mass is 10.00. The van der Waals surface area contributed by atoms with Gasteiger partial charge in [-0.15, -0.1) is 11.3 Å². The smallest absolute Gasteiger partial charge is 0.253 e. The normalized spacial score (nSPS) is 12.3. The fourth-order valence-corrected chi connectivity index (χ4v) is 5.47. The third-order valence-electron chi connectivity index (χ3n) is 6.93. The highest BCUT2D eigenvalue weighted by molar-refractivity contribution is 7.09. The van der Waals surface area contributed by atoms with E-state index < -0.39 is 12.1 Å². The highest BCUT2D eigenvalue weighted by Gasteiger charge is 2.23. The maximum Gasteiger partial charge on any atom is 0.253 e.